The highest BCUT2D eigenvalue weighted by Gasteiger charge is 2.26. The van der Waals surface area contributed by atoms with Crippen LogP contribution >= 0.6 is 24.0 Å². The van der Waals surface area contributed by atoms with Gasteiger partial charge in [-0.3, -0.25) is 4.79 Å². The smallest absolute Gasteiger partial charge is 0.259 e. The van der Waals surface area contributed by atoms with E-state index in [1.807, 2.05) is 30.3 Å². The Morgan fingerprint density at radius 2 is 2.11 bits per heavy atom. The molecule has 0 spiro atoms. The van der Waals surface area contributed by atoms with E-state index in [0.29, 0.717) is 39.7 Å². The molecule has 28 heavy (non-hydrogen) atoms. The van der Waals surface area contributed by atoms with Gasteiger partial charge in [0.05, 0.1) is 19.1 Å². The van der Waals surface area contributed by atoms with Crippen LogP contribution < -0.4 is 18.9 Å². The molecule has 7 nitrogen and oxygen atoms in total. The number of rotatable bonds is 6. The van der Waals surface area contributed by atoms with Crippen molar-refractivity contribution in [1.29, 1.82) is 0 Å². The Kier molecular flexibility index (Phi) is 5.36. The molecule has 2 aliphatic rings. The van der Waals surface area contributed by atoms with E-state index in [1.54, 1.807) is 19.4 Å². The number of carbonyl (C=O) groups excluding carboxylic acids is 1. The van der Waals surface area contributed by atoms with Crippen LogP contribution in [-0.2, 0) is 11.4 Å². The average Bonchev–Trinajstić information content (AvgIpc) is 3.30. The third kappa shape index (κ3) is 3.90. The Hall–Kier alpha value is -2.78. The highest BCUT2D eigenvalue weighted by molar-refractivity contribution is 8.23. The molecular formula is C19H16N2O5S2. The SMILES string of the molecule is COc1ccc(/C=N/N2C(=O)CSC2=S)cc1COc1ccc2c(c1)OCO2. The molecule has 1 fully saturated rings. The number of benzene rings is 2. The molecule has 9 heteroatoms. The quantitative estimate of drug-likeness (QED) is 0.529. The minimum Gasteiger partial charge on any atom is -0.496 e. The van der Waals surface area contributed by atoms with Gasteiger partial charge in [0.15, 0.2) is 15.8 Å². The van der Waals surface area contributed by atoms with Crippen LogP contribution in [0, 0.1) is 0 Å². The number of ether oxygens (including phenoxy) is 4. The van der Waals surface area contributed by atoms with Gasteiger partial charge in [0.25, 0.3) is 5.91 Å². The van der Waals surface area contributed by atoms with Crippen molar-refractivity contribution in [2.45, 2.75) is 6.61 Å². The van der Waals surface area contributed by atoms with E-state index in [2.05, 4.69) is 5.10 Å². The molecule has 0 saturated carbocycles. The molecule has 0 aromatic heterocycles. The van der Waals surface area contributed by atoms with Gasteiger partial charge in [-0.1, -0.05) is 24.0 Å². The molecule has 2 heterocycles. The largest absolute Gasteiger partial charge is 0.496 e. The molecule has 0 unspecified atom stereocenters. The van der Waals surface area contributed by atoms with E-state index in [1.165, 1.54) is 16.8 Å². The fraction of sp³-hybridized carbons (Fsp3) is 0.211. The van der Waals surface area contributed by atoms with Crippen LogP contribution in [0.5, 0.6) is 23.0 Å². The Morgan fingerprint density at radius 1 is 1.25 bits per heavy atom. The molecule has 2 aromatic rings. The summed E-state index contributed by atoms with van der Waals surface area (Å²) in [5, 5.41) is 5.44. The standard InChI is InChI=1S/C19H16N2O5S2/c1-23-15-4-2-12(8-20-21-18(22)10-28-19(21)27)6-13(15)9-24-14-3-5-16-17(7-14)26-11-25-16/h2-8H,9-11H2,1H3/b20-8+. The van der Waals surface area contributed by atoms with Crippen LogP contribution in [0.4, 0.5) is 0 Å². The number of amides is 1. The number of hydrogen-bond acceptors (Lipinski definition) is 8. The lowest BCUT2D eigenvalue weighted by atomic mass is 10.1. The van der Waals surface area contributed by atoms with Crippen LogP contribution in [0.2, 0.25) is 0 Å². The van der Waals surface area contributed by atoms with E-state index < -0.39 is 0 Å². The second kappa shape index (κ2) is 8.07. The molecule has 2 aromatic carbocycles. The fourth-order valence-electron chi connectivity index (χ4n) is 2.70. The molecule has 0 bridgehead atoms. The summed E-state index contributed by atoms with van der Waals surface area (Å²) < 4.78 is 22.4. The average molecular weight is 416 g/mol. The van der Waals surface area contributed by atoms with Crippen LogP contribution in [0.1, 0.15) is 11.1 Å². The maximum atomic E-state index is 11.8. The number of methoxy groups -OCH3 is 1. The zero-order valence-electron chi connectivity index (χ0n) is 14.9. The number of thiocarbonyl (C=S) groups is 1. The van der Waals surface area contributed by atoms with Gasteiger partial charge in [0.2, 0.25) is 6.79 Å². The van der Waals surface area contributed by atoms with Crippen molar-refractivity contribution in [3.05, 3.63) is 47.5 Å². The summed E-state index contributed by atoms with van der Waals surface area (Å²) in [6.45, 7) is 0.511. The lowest BCUT2D eigenvalue weighted by Gasteiger charge is -2.12. The molecule has 4 rings (SSSR count). The third-order valence-electron chi connectivity index (χ3n) is 4.09. The molecule has 1 amide bonds. The van der Waals surface area contributed by atoms with Gasteiger partial charge < -0.3 is 18.9 Å². The second-order valence-electron chi connectivity index (χ2n) is 5.88. The van der Waals surface area contributed by atoms with Crippen molar-refractivity contribution in [2.24, 2.45) is 5.10 Å². The predicted molar refractivity (Wildman–Crippen MR) is 109 cm³/mol. The summed E-state index contributed by atoms with van der Waals surface area (Å²) >= 11 is 6.43. The maximum absolute atomic E-state index is 11.8. The number of nitrogens with zero attached hydrogens (tertiary/aromatic N) is 2. The Morgan fingerprint density at radius 3 is 2.89 bits per heavy atom. The van der Waals surface area contributed by atoms with E-state index in [-0.39, 0.29) is 12.7 Å². The van der Waals surface area contributed by atoms with Crippen LogP contribution in [0.15, 0.2) is 41.5 Å². The molecule has 0 atom stereocenters. The summed E-state index contributed by atoms with van der Waals surface area (Å²) in [7, 11) is 1.60. The monoisotopic (exact) mass is 416 g/mol. The molecule has 2 aliphatic heterocycles. The lowest BCUT2D eigenvalue weighted by molar-refractivity contribution is -0.123. The minimum absolute atomic E-state index is 0.119. The molecule has 0 aliphatic carbocycles. The van der Waals surface area contributed by atoms with Crippen LogP contribution in [0.3, 0.4) is 0 Å². The summed E-state index contributed by atoms with van der Waals surface area (Å²) in [6.07, 6.45) is 1.60. The van der Waals surface area contributed by atoms with Gasteiger partial charge in [-0.15, -0.1) is 0 Å². The zero-order chi connectivity index (χ0) is 19.5. The van der Waals surface area contributed by atoms with Crippen molar-refractivity contribution in [1.82, 2.24) is 5.01 Å². The van der Waals surface area contributed by atoms with Crippen molar-refractivity contribution in [3.8, 4) is 23.0 Å². The summed E-state index contributed by atoms with van der Waals surface area (Å²) in [4.78, 5) is 11.8. The molecule has 144 valence electrons. The fourth-order valence-corrected chi connectivity index (χ4v) is 3.67. The van der Waals surface area contributed by atoms with E-state index in [0.717, 1.165) is 11.1 Å². The van der Waals surface area contributed by atoms with Crippen LogP contribution in [0.25, 0.3) is 0 Å². The van der Waals surface area contributed by atoms with Gasteiger partial charge in [-0.2, -0.15) is 10.1 Å². The second-order valence-corrected chi connectivity index (χ2v) is 7.49. The lowest BCUT2D eigenvalue weighted by Crippen LogP contribution is -2.22. The highest BCUT2D eigenvalue weighted by Crippen LogP contribution is 2.35. The topological polar surface area (TPSA) is 69.6 Å². The van der Waals surface area contributed by atoms with Gasteiger partial charge in [0.1, 0.15) is 18.1 Å². The van der Waals surface area contributed by atoms with Crippen molar-refractivity contribution >= 4 is 40.4 Å². The van der Waals surface area contributed by atoms with Gasteiger partial charge in [0, 0.05) is 11.6 Å². The first-order valence-electron chi connectivity index (χ1n) is 8.37. The van der Waals surface area contributed by atoms with Gasteiger partial charge in [-0.05, 0) is 35.9 Å². The summed E-state index contributed by atoms with van der Waals surface area (Å²) in [5.41, 5.74) is 1.64. The van der Waals surface area contributed by atoms with Crippen LogP contribution in [-0.4, -0.2) is 41.1 Å². The first kappa shape index (κ1) is 18.6. The Balaban J connectivity index is 1.49. The zero-order valence-corrected chi connectivity index (χ0v) is 16.5. The van der Waals surface area contributed by atoms with Crippen molar-refractivity contribution in [3.63, 3.8) is 0 Å². The molecular weight excluding hydrogens is 400 g/mol. The van der Waals surface area contributed by atoms with Crippen molar-refractivity contribution in [2.75, 3.05) is 19.7 Å². The number of carbonyl (C=O) groups is 1. The Labute approximate surface area is 171 Å². The number of hydrogen-bond donors (Lipinski definition) is 0. The summed E-state index contributed by atoms with van der Waals surface area (Å²) in [6, 6.07) is 11.0. The van der Waals surface area contributed by atoms with E-state index in [4.69, 9.17) is 31.2 Å². The number of fused-ring (bicyclic) bond motifs is 1. The van der Waals surface area contributed by atoms with Gasteiger partial charge in [-0.25, -0.2) is 0 Å². The molecule has 0 radical (unpaired) electrons. The molecule has 1 saturated heterocycles. The number of hydrazone groups is 1. The van der Waals surface area contributed by atoms with Crippen molar-refractivity contribution < 1.29 is 23.7 Å². The van der Waals surface area contributed by atoms with Gasteiger partial charge >= 0.3 is 0 Å². The van der Waals surface area contributed by atoms with E-state index >= 15 is 0 Å². The predicted octanol–water partition coefficient (Wildman–Crippen LogP) is 3.20. The maximum Gasteiger partial charge on any atom is 0.259 e. The Bertz CT molecular complexity index is 947. The number of thioether (sulfide) groups is 1. The minimum atomic E-state index is -0.119. The first-order valence-corrected chi connectivity index (χ1v) is 9.76. The molecule has 0 N–H and O–H groups in total. The highest BCUT2D eigenvalue weighted by atomic mass is 32.2. The normalized spacial score (nSPS) is 15.5. The first-order chi connectivity index (χ1) is 13.6. The summed E-state index contributed by atoms with van der Waals surface area (Å²) in [5.74, 6) is 2.93. The third-order valence-corrected chi connectivity index (χ3v) is 5.43. The van der Waals surface area contributed by atoms with E-state index in [9.17, 15) is 4.79 Å².